The zero-order valence-electron chi connectivity index (χ0n) is 28.2. The number of carbonyl (C=O) groups excluding carboxylic acids is 2. The van der Waals surface area contributed by atoms with Gasteiger partial charge in [-0.05, 0) is 69.7 Å². The lowest BCUT2D eigenvalue weighted by Gasteiger charge is -2.30. The lowest BCUT2D eigenvalue weighted by Crippen LogP contribution is -2.43. The van der Waals surface area contributed by atoms with Crippen LogP contribution in [0, 0.1) is 0 Å². The Kier molecular flexibility index (Phi) is 11.2. The highest BCUT2D eigenvalue weighted by Gasteiger charge is 2.36. The summed E-state index contributed by atoms with van der Waals surface area (Å²) < 4.78 is 30.3. The zero-order chi connectivity index (χ0) is 34.4. The van der Waals surface area contributed by atoms with E-state index in [0.717, 1.165) is 0 Å². The second kappa shape index (κ2) is 15.5. The summed E-state index contributed by atoms with van der Waals surface area (Å²) in [4.78, 5) is 49.6. The lowest BCUT2D eigenvalue weighted by atomic mass is 9.93. The molecule has 5 rings (SSSR count). The maximum absolute atomic E-state index is 14.3. The molecule has 3 heterocycles. The fourth-order valence-electron chi connectivity index (χ4n) is 5.82. The first kappa shape index (κ1) is 34.7. The molecule has 256 valence electrons. The first-order chi connectivity index (χ1) is 23.2. The van der Waals surface area contributed by atoms with E-state index in [1.54, 1.807) is 78.0 Å². The van der Waals surface area contributed by atoms with Crippen LogP contribution in [0.5, 0.6) is 23.0 Å². The number of amides is 2. The Morgan fingerprint density at radius 1 is 1.00 bits per heavy atom. The summed E-state index contributed by atoms with van der Waals surface area (Å²) in [6.45, 7) is 10.8. The molecule has 2 aliphatic rings. The van der Waals surface area contributed by atoms with Crippen LogP contribution in [0.4, 0.5) is 0 Å². The van der Waals surface area contributed by atoms with Crippen LogP contribution in [0.3, 0.4) is 0 Å². The molecule has 1 saturated heterocycles. The van der Waals surface area contributed by atoms with Gasteiger partial charge in [-0.25, -0.2) is 4.99 Å². The number of nitrogens with zero attached hydrogens (tertiary/aromatic N) is 4. The maximum atomic E-state index is 14.3. The van der Waals surface area contributed by atoms with Crippen molar-refractivity contribution in [1.29, 1.82) is 0 Å². The molecule has 0 N–H and O–H groups in total. The minimum Gasteiger partial charge on any atom is -0.497 e. The number of hydrogen-bond donors (Lipinski definition) is 0. The smallest absolute Gasteiger partial charge is 0.271 e. The molecule has 3 aromatic rings. The van der Waals surface area contributed by atoms with Crippen LogP contribution in [0.25, 0.3) is 6.08 Å². The fourth-order valence-corrected chi connectivity index (χ4v) is 6.87. The van der Waals surface area contributed by atoms with Crippen LogP contribution in [-0.2, 0) is 14.3 Å². The summed E-state index contributed by atoms with van der Waals surface area (Å²) in [6, 6.07) is 9.85. The first-order valence-electron chi connectivity index (χ1n) is 16.0. The molecular formula is C35H42N4O8S. The lowest BCUT2D eigenvalue weighted by molar-refractivity contribution is -0.137. The molecule has 12 nitrogen and oxygen atoms in total. The topological polar surface area (TPSA) is 121 Å². The normalized spacial score (nSPS) is 16.2. The minimum atomic E-state index is -0.805. The first-order valence-corrected chi connectivity index (χ1v) is 16.8. The number of ether oxygens (including phenoxy) is 5. The number of methoxy groups -OCH3 is 2. The largest absolute Gasteiger partial charge is 0.497 e. The van der Waals surface area contributed by atoms with Gasteiger partial charge in [-0.2, -0.15) is 0 Å². The average molecular weight is 679 g/mol. The standard InChI is InChI=1S/C35H42N4O8S/c1-7-37(8-2)34(42)31-22(4)36-35-39(32(31)25-20-24(43-5)11-13-26(25)44-6)33(41)29(48-35)19-23-10-12-27(28(18-23)46-9-3)47-21-30(40)38-14-16-45-17-15-38/h10-13,18-20,32H,7-9,14-17,21H2,1-6H3/b29-19-/t32-/m0/s1. The molecule has 0 aliphatic carbocycles. The predicted molar refractivity (Wildman–Crippen MR) is 182 cm³/mol. The van der Waals surface area contributed by atoms with E-state index >= 15 is 0 Å². The van der Waals surface area contributed by atoms with Gasteiger partial charge < -0.3 is 33.5 Å². The monoisotopic (exact) mass is 678 g/mol. The van der Waals surface area contributed by atoms with Crippen LogP contribution in [0.1, 0.15) is 44.9 Å². The number of fused-ring (bicyclic) bond motifs is 1. The van der Waals surface area contributed by atoms with E-state index in [1.807, 2.05) is 20.8 Å². The van der Waals surface area contributed by atoms with Gasteiger partial charge in [0.15, 0.2) is 22.9 Å². The van der Waals surface area contributed by atoms with E-state index in [-0.39, 0.29) is 24.0 Å². The number of morpholine rings is 1. The highest BCUT2D eigenvalue weighted by molar-refractivity contribution is 7.07. The number of aromatic nitrogens is 1. The number of allylic oxidation sites excluding steroid dienone is 1. The van der Waals surface area contributed by atoms with E-state index in [1.165, 1.54) is 11.3 Å². The Bertz CT molecular complexity index is 1870. The van der Waals surface area contributed by atoms with Crippen molar-refractivity contribution in [2.45, 2.75) is 33.7 Å². The number of rotatable bonds is 12. The number of thiazole rings is 1. The second-order valence-corrected chi connectivity index (χ2v) is 12.1. The molecule has 0 spiro atoms. The van der Waals surface area contributed by atoms with Gasteiger partial charge in [-0.1, -0.05) is 17.4 Å². The van der Waals surface area contributed by atoms with Gasteiger partial charge in [0, 0.05) is 31.7 Å². The molecule has 2 aliphatic heterocycles. The third-order valence-electron chi connectivity index (χ3n) is 8.31. The molecule has 0 radical (unpaired) electrons. The molecule has 2 amide bonds. The molecule has 1 fully saturated rings. The average Bonchev–Trinajstić information content (AvgIpc) is 3.41. The van der Waals surface area contributed by atoms with Crippen LogP contribution < -0.4 is 33.8 Å². The molecule has 48 heavy (non-hydrogen) atoms. The van der Waals surface area contributed by atoms with E-state index < -0.39 is 6.04 Å². The Morgan fingerprint density at radius 2 is 1.73 bits per heavy atom. The van der Waals surface area contributed by atoms with Gasteiger partial charge in [-0.3, -0.25) is 19.0 Å². The van der Waals surface area contributed by atoms with Gasteiger partial charge in [0.25, 0.3) is 17.4 Å². The molecule has 0 bridgehead atoms. The molecule has 1 aromatic heterocycles. The van der Waals surface area contributed by atoms with Gasteiger partial charge >= 0.3 is 0 Å². The molecule has 1 atom stereocenters. The Hall–Kier alpha value is -4.62. The van der Waals surface area contributed by atoms with Crippen molar-refractivity contribution in [3.63, 3.8) is 0 Å². The second-order valence-electron chi connectivity index (χ2n) is 11.1. The van der Waals surface area contributed by atoms with Crippen molar-refractivity contribution in [3.8, 4) is 23.0 Å². The van der Waals surface area contributed by atoms with E-state index in [2.05, 4.69) is 0 Å². The van der Waals surface area contributed by atoms with Crippen LogP contribution in [0.2, 0.25) is 0 Å². The van der Waals surface area contributed by atoms with Crippen molar-refractivity contribution in [2.75, 3.05) is 66.8 Å². The number of likely N-dealkylation sites (N-methyl/N-ethyl adjacent to an activating group) is 1. The summed E-state index contributed by atoms with van der Waals surface area (Å²) in [6.07, 6.45) is 1.76. The van der Waals surface area contributed by atoms with Crippen molar-refractivity contribution in [3.05, 3.63) is 78.5 Å². The summed E-state index contributed by atoms with van der Waals surface area (Å²) >= 11 is 1.23. The van der Waals surface area contributed by atoms with Gasteiger partial charge in [0.2, 0.25) is 0 Å². The number of benzene rings is 2. The Labute approximate surface area is 283 Å². The van der Waals surface area contributed by atoms with E-state index in [4.69, 9.17) is 28.7 Å². The maximum Gasteiger partial charge on any atom is 0.271 e. The third kappa shape index (κ3) is 7.12. The predicted octanol–water partition coefficient (Wildman–Crippen LogP) is 2.76. The quantitative estimate of drug-likeness (QED) is 0.287. The summed E-state index contributed by atoms with van der Waals surface area (Å²) in [7, 11) is 3.12. The summed E-state index contributed by atoms with van der Waals surface area (Å²) in [5.41, 5.74) is 1.93. The van der Waals surface area contributed by atoms with Crippen LogP contribution in [-0.4, -0.2) is 93.0 Å². The molecule has 2 aromatic carbocycles. The fraction of sp³-hybridized carbons (Fsp3) is 0.429. The third-order valence-corrected chi connectivity index (χ3v) is 9.30. The number of hydrogen-bond acceptors (Lipinski definition) is 10. The van der Waals surface area contributed by atoms with Crippen molar-refractivity contribution in [2.24, 2.45) is 4.99 Å². The zero-order valence-corrected chi connectivity index (χ0v) is 29.1. The minimum absolute atomic E-state index is 0.123. The summed E-state index contributed by atoms with van der Waals surface area (Å²) in [5.74, 6) is 1.64. The molecular weight excluding hydrogens is 636 g/mol. The van der Waals surface area contributed by atoms with Gasteiger partial charge in [0.1, 0.15) is 17.5 Å². The van der Waals surface area contributed by atoms with Gasteiger partial charge in [0.05, 0.1) is 49.8 Å². The number of carbonyl (C=O) groups is 2. The summed E-state index contributed by atoms with van der Waals surface area (Å²) in [5, 5.41) is 0. The molecule has 0 unspecified atom stereocenters. The van der Waals surface area contributed by atoms with E-state index in [0.29, 0.717) is 101 Å². The Morgan fingerprint density at radius 3 is 2.40 bits per heavy atom. The van der Waals surface area contributed by atoms with Crippen molar-refractivity contribution < 1.29 is 33.3 Å². The SMILES string of the molecule is CCOc1cc(/C=c2\sc3n(c2=O)[C@@H](c2cc(OC)ccc2OC)C(C(=O)N(CC)CC)=C(C)N=3)ccc1OCC(=O)N1CCOCC1. The highest BCUT2D eigenvalue weighted by atomic mass is 32.1. The highest BCUT2D eigenvalue weighted by Crippen LogP contribution is 2.38. The Balaban J connectivity index is 1.57. The van der Waals surface area contributed by atoms with Crippen molar-refractivity contribution in [1.82, 2.24) is 14.4 Å². The van der Waals surface area contributed by atoms with Crippen molar-refractivity contribution >= 4 is 29.2 Å². The molecule has 0 saturated carbocycles. The molecule has 13 heteroatoms. The van der Waals surface area contributed by atoms with Crippen LogP contribution >= 0.6 is 11.3 Å². The van der Waals surface area contributed by atoms with Gasteiger partial charge in [-0.15, -0.1) is 0 Å². The van der Waals surface area contributed by atoms with E-state index in [9.17, 15) is 14.4 Å². The van der Waals surface area contributed by atoms with Crippen LogP contribution in [0.15, 0.2) is 57.5 Å².